The lowest BCUT2D eigenvalue weighted by Gasteiger charge is -2.11. The normalized spacial score (nSPS) is 13.8. The minimum atomic E-state index is -0.377. The molecule has 0 saturated heterocycles. The van der Waals surface area contributed by atoms with E-state index in [-0.39, 0.29) is 23.6 Å². The molecule has 0 spiro atoms. The fourth-order valence-corrected chi connectivity index (χ4v) is 2.88. The Morgan fingerprint density at radius 3 is 3.00 bits per heavy atom. The maximum absolute atomic E-state index is 12.2. The second-order valence-electron chi connectivity index (χ2n) is 5.04. The van der Waals surface area contributed by atoms with Crippen molar-refractivity contribution < 1.29 is 14.3 Å². The van der Waals surface area contributed by atoms with Crippen molar-refractivity contribution in [3.63, 3.8) is 0 Å². The first kappa shape index (κ1) is 15.5. The number of nitrogens with one attached hydrogen (secondary N) is 2. The average Bonchev–Trinajstić information content (AvgIpc) is 3.13. The Kier molecular flexibility index (Phi) is 4.28. The summed E-state index contributed by atoms with van der Waals surface area (Å²) in [6.45, 7) is 2.37. The fourth-order valence-electron chi connectivity index (χ4n) is 2.03. The highest BCUT2D eigenvalue weighted by molar-refractivity contribution is 8.00. The van der Waals surface area contributed by atoms with Crippen LogP contribution >= 0.6 is 11.8 Å². The lowest BCUT2D eigenvalue weighted by atomic mass is 10.2. The number of hydrogen-bond acceptors (Lipinski definition) is 6. The maximum atomic E-state index is 12.2. The number of ether oxygens (including phenoxy) is 2. The van der Waals surface area contributed by atoms with Crippen molar-refractivity contribution in [2.75, 3.05) is 6.79 Å². The van der Waals surface area contributed by atoms with Crippen LogP contribution in [0.25, 0.3) is 0 Å². The van der Waals surface area contributed by atoms with Crippen molar-refractivity contribution in [3.05, 3.63) is 34.2 Å². The third kappa shape index (κ3) is 3.34. The summed E-state index contributed by atoms with van der Waals surface area (Å²) in [6.07, 6.45) is 0. The largest absolute Gasteiger partial charge is 0.454 e. The molecule has 2 heterocycles. The summed E-state index contributed by atoms with van der Waals surface area (Å²) in [6, 6.07) is 5.54. The van der Waals surface area contributed by atoms with Gasteiger partial charge < -0.3 is 14.8 Å². The molecule has 0 fully saturated rings. The van der Waals surface area contributed by atoms with Crippen molar-refractivity contribution in [1.82, 2.24) is 20.1 Å². The molecule has 0 saturated carbocycles. The van der Waals surface area contributed by atoms with Crippen LogP contribution in [-0.2, 0) is 18.4 Å². The Morgan fingerprint density at radius 2 is 2.26 bits per heavy atom. The molecule has 1 aliphatic rings. The number of rotatable bonds is 5. The van der Waals surface area contributed by atoms with Gasteiger partial charge in [0.15, 0.2) is 16.7 Å². The number of thioether (sulfide) groups is 1. The Bertz CT molecular complexity index is 785. The van der Waals surface area contributed by atoms with Crippen LogP contribution in [0.4, 0.5) is 0 Å². The molecule has 8 nitrogen and oxygen atoms in total. The number of hydrogen-bond donors (Lipinski definition) is 2. The van der Waals surface area contributed by atoms with Crippen molar-refractivity contribution >= 4 is 17.7 Å². The van der Waals surface area contributed by atoms with Gasteiger partial charge in [-0.3, -0.25) is 9.36 Å². The molecular formula is C14H16N4O4S. The molecule has 2 N–H and O–H groups in total. The van der Waals surface area contributed by atoms with Crippen molar-refractivity contribution in [1.29, 1.82) is 0 Å². The zero-order chi connectivity index (χ0) is 16.4. The number of H-pyrrole nitrogens is 1. The van der Waals surface area contributed by atoms with Gasteiger partial charge in [0.05, 0.1) is 5.25 Å². The molecule has 0 unspecified atom stereocenters. The van der Waals surface area contributed by atoms with Gasteiger partial charge in [0.25, 0.3) is 0 Å². The topological polar surface area (TPSA) is 98.2 Å². The summed E-state index contributed by atoms with van der Waals surface area (Å²) in [4.78, 5) is 23.5. The Morgan fingerprint density at radius 1 is 1.48 bits per heavy atom. The van der Waals surface area contributed by atoms with E-state index in [9.17, 15) is 9.59 Å². The predicted octanol–water partition coefficient (Wildman–Crippen LogP) is 0.634. The molecule has 9 heteroatoms. The minimum absolute atomic E-state index is 0.136. The molecule has 1 atom stereocenters. The smallest absolute Gasteiger partial charge is 0.343 e. The molecule has 3 rings (SSSR count). The number of nitrogens with zero attached hydrogens (tertiary/aromatic N) is 2. The van der Waals surface area contributed by atoms with Gasteiger partial charge in [0.2, 0.25) is 12.7 Å². The maximum Gasteiger partial charge on any atom is 0.343 e. The Hall–Kier alpha value is -2.42. The van der Waals surface area contributed by atoms with E-state index in [0.29, 0.717) is 23.2 Å². The van der Waals surface area contributed by atoms with Gasteiger partial charge in [0.1, 0.15) is 0 Å². The van der Waals surface area contributed by atoms with Crippen LogP contribution in [0.15, 0.2) is 28.2 Å². The highest BCUT2D eigenvalue weighted by atomic mass is 32.2. The van der Waals surface area contributed by atoms with E-state index in [1.165, 1.54) is 16.3 Å². The van der Waals surface area contributed by atoms with E-state index in [2.05, 4.69) is 15.5 Å². The van der Waals surface area contributed by atoms with Crippen molar-refractivity contribution in [2.45, 2.75) is 23.9 Å². The molecule has 122 valence electrons. The zero-order valence-electron chi connectivity index (χ0n) is 12.7. The van der Waals surface area contributed by atoms with E-state index >= 15 is 0 Å². The van der Waals surface area contributed by atoms with Crippen LogP contribution in [0, 0.1) is 0 Å². The number of fused-ring (bicyclic) bond motifs is 1. The molecule has 1 amide bonds. The van der Waals surface area contributed by atoms with Crippen molar-refractivity contribution in [2.24, 2.45) is 7.05 Å². The van der Waals surface area contributed by atoms with Crippen LogP contribution < -0.4 is 20.5 Å². The molecule has 0 radical (unpaired) electrons. The predicted molar refractivity (Wildman–Crippen MR) is 83.6 cm³/mol. The lowest BCUT2D eigenvalue weighted by molar-refractivity contribution is -0.120. The second-order valence-corrected chi connectivity index (χ2v) is 6.34. The molecule has 1 aromatic carbocycles. The molecule has 2 aromatic rings. The van der Waals surface area contributed by atoms with E-state index < -0.39 is 0 Å². The number of amides is 1. The third-order valence-electron chi connectivity index (χ3n) is 3.39. The van der Waals surface area contributed by atoms with Gasteiger partial charge in [0, 0.05) is 13.6 Å². The molecule has 0 aliphatic carbocycles. The summed E-state index contributed by atoms with van der Waals surface area (Å²) < 4.78 is 11.9. The van der Waals surface area contributed by atoms with Gasteiger partial charge in [-0.05, 0) is 24.6 Å². The zero-order valence-corrected chi connectivity index (χ0v) is 13.5. The summed E-state index contributed by atoms with van der Waals surface area (Å²) in [5.41, 5.74) is 0.618. The van der Waals surface area contributed by atoms with Gasteiger partial charge in [-0.15, -0.1) is 5.10 Å². The first-order valence-electron chi connectivity index (χ1n) is 6.99. The Balaban J connectivity index is 1.56. The molecule has 23 heavy (non-hydrogen) atoms. The van der Waals surface area contributed by atoms with E-state index in [0.717, 1.165) is 5.56 Å². The van der Waals surface area contributed by atoms with Gasteiger partial charge in [-0.1, -0.05) is 17.8 Å². The van der Waals surface area contributed by atoms with Gasteiger partial charge >= 0.3 is 5.69 Å². The van der Waals surface area contributed by atoms with Crippen LogP contribution in [0.1, 0.15) is 12.5 Å². The molecular weight excluding hydrogens is 320 g/mol. The monoisotopic (exact) mass is 336 g/mol. The van der Waals surface area contributed by atoms with E-state index in [1.807, 2.05) is 18.2 Å². The first-order valence-corrected chi connectivity index (χ1v) is 7.87. The first-order chi connectivity index (χ1) is 11.0. The molecule has 1 aromatic heterocycles. The number of carbonyl (C=O) groups is 1. The number of aromatic amines is 1. The number of benzene rings is 1. The molecule has 0 bridgehead atoms. The summed E-state index contributed by atoms with van der Waals surface area (Å²) in [7, 11) is 1.60. The van der Waals surface area contributed by atoms with Crippen LogP contribution in [0.2, 0.25) is 0 Å². The standard InChI is InChI=1S/C14H16N4O4S/c1-8(23-14-17-16-13(20)18(14)2)12(19)15-6-9-3-4-10-11(5-9)22-7-21-10/h3-5,8H,6-7H2,1-2H3,(H,15,19)(H,16,20)/t8-/m1/s1. The second kappa shape index (κ2) is 6.37. The summed E-state index contributed by atoms with van der Waals surface area (Å²) in [5, 5.41) is 9.17. The highest BCUT2D eigenvalue weighted by Crippen LogP contribution is 2.32. The van der Waals surface area contributed by atoms with Crippen molar-refractivity contribution in [3.8, 4) is 11.5 Å². The van der Waals surface area contributed by atoms with Crippen LogP contribution in [0.5, 0.6) is 11.5 Å². The average molecular weight is 336 g/mol. The Labute approximate surface area is 136 Å². The summed E-state index contributed by atoms with van der Waals surface area (Å²) in [5.74, 6) is 1.26. The SMILES string of the molecule is C[C@@H](Sc1n[nH]c(=O)n1C)C(=O)NCc1ccc2c(c1)OCO2. The van der Waals surface area contributed by atoms with Gasteiger partial charge in [-0.2, -0.15) is 0 Å². The van der Waals surface area contributed by atoms with E-state index in [1.54, 1.807) is 14.0 Å². The number of aromatic nitrogens is 3. The summed E-state index contributed by atoms with van der Waals surface area (Å²) >= 11 is 1.22. The minimum Gasteiger partial charge on any atom is -0.454 e. The fraction of sp³-hybridized carbons (Fsp3) is 0.357. The quantitative estimate of drug-likeness (QED) is 0.777. The van der Waals surface area contributed by atoms with Gasteiger partial charge in [-0.25, -0.2) is 9.89 Å². The van der Waals surface area contributed by atoms with Crippen LogP contribution in [0.3, 0.4) is 0 Å². The lowest BCUT2D eigenvalue weighted by Crippen LogP contribution is -2.30. The van der Waals surface area contributed by atoms with Crippen LogP contribution in [-0.4, -0.2) is 32.7 Å². The number of carbonyl (C=O) groups excluding carboxylic acids is 1. The molecule has 1 aliphatic heterocycles. The van der Waals surface area contributed by atoms with E-state index in [4.69, 9.17) is 9.47 Å². The third-order valence-corrected chi connectivity index (χ3v) is 4.54. The highest BCUT2D eigenvalue weighted by Gasteiger charge is 2.18.